The van der Waals surface area contributed by atoms with Crippen LogP contribution in [0.4, 0.5) is 5.69 Å². The lowest BCUT2D eigenvalue weighted by Gasteiger charge is -2.10. The van der Waals surface area contributed by atoms with E-state index in [0.717, 1.165) is 35.3 Å². The summed E-state index contributed by atoms with van der Waals surface area (Å²) in [6, 6.07) is 8.06. The van der Waals surface area contributed by atoms with E-state index in [2.05, 4.69) is 29.5 Å². The minimum atomic E-state index is 0.537. The molecule has 3 nitrogen and oxygen atoms in total. The van der Waals surface area contributed by atoms with Crippen molar-refractivity contribution in [3.63, 3.8) is 0 Å². The van der Waals surface area contributed by atoms with Crippen molar-refractivity contribution in [2.75, 3.05) is 11.9 Å². The Morgan fingerprint density at radius 2 is 2.21 bits per heavy atom. The molecule has 0 aliphatic rings. The molecule has 1 aromatic heterocycles. The molecular weight excluding hydrogens is 256 g/mol. The molecule has 0 radical (unpaired) electrons. The molecule has 102 valence electrons. The standard InChI is InChI=1S/C15H20N2OS/c1-11(2)9-18-15-6-4-5-13(7-15)16-8-14-10-19-12(3)17-14/h4-7,10-11,16H,8-9H2,1-3H3. The summed E-state index contributed by atoms with van der Waals surface area (Å²) in [4.78, 5) is 4.43. The molecule has 0 saturated heterocycles. The lowest BCUT2D eigenvalue weighted by atomic mass is 10.2. The van der Waals surface area contributed by atoms with Crippen LogP contribution in [0.5, 0.6) is 5.75 Å². The zero-order valence-corrected chi connectivity index (χ0v) is 12.5. The Morgan fingerprint density at radius 3 is 2.89 bits per heavy atom. The van der Waals surface area contributed by atoms with Gasteiger partial charge in [0.05, 0.1) is 23.9 Å². The smallest absolute Gasteiger partial charge is 0.121 e. The number of aryl methyl sites for hydroxylation is 1. The van der Waals surface area contributed by atoms with Crippen molar-refractivity contribution in [3.05, 3.63) is 40.3 Å². The minimum Gasteiger partial charge on any atom is -0.493 e. The first-order chi connectivity index (χ1) is 9.13. The Hall–Kier alpha value is -1.55. The number of ether oxygens (including phenoxy) is 1. The summed E-state index contributed by atoms with van der Waals surface area (Å²) >= 11 is 1.68. The normalized spacial score (nSPS) is 10.7. The second kappa shape index (κ2) is 6.57. The van der Waals surface area contributed by atoms with Crippen LogP contribution in [0, 0.1) is 12.8 Å². The fourth-order valence-corrected chi connectivity index (χ4v) is 2.25. The molecule has 1 heterocycles. The van der Waals surface area contributed by atoms with Crippen LogP contribution in [0.15, 0.2) is 29.6 Å². The van der Waals surface area contributed by atoms with E-state index in [4.69, 9.17) is 4.74 Å². The second-order valence-corrected chi connectivity index (χ2v) is 6.01. The molecule has 19 heavy (non-hydrogen) atoms. The Kier molecular flexibility index (Phi) is 4.80. The molecule has 1 aromatic carbocycles. The monoisotopic (exact) mass is 276 g/mol. The number of hydrogen-bond acceptors (Lipinski definition) is 4. The van der Waals surface area contributed by atoms with Gasteiger partial charge in [0.15, 0.2) is 0 Å². The average Bonchev–Trinajstić information content (AvgIpc) is 2.80. The highest BCUT2D eigenvalue weighted by atomic mass is 32.1. The third kappa shape index (κ3) is 4.56. The van der Waals surface area contributed by atoms with Crippen molar-refractivity contribution in [2.45, 2.75) is 27.3 Å². The van der Waals surface area contributed by atoms with E-state index in [1.165, 1.54) is 0 Å². The van der Waals surface area contributed by atoms with Crippen LogP contribution in [0.25, 0.3) is 0 Å². The maximum atomic E-state index is 5.71. The third-order valence-electron chi connectivity index (χ3n) is 2.56. The van der Waals surface area contributed by atoms with Gasteiger partial charge in [-0.25, -0.2) is 4.98 Å². The molecule has 0 bridgehead atoms. The van der Waals surface area contributed by atoms with Gasteiger partial charge in [0, 0.05) is 17.1 Å². The molecule has 2 rings (SSSR count). The lowest BCUT2D eigenvalue weighted by molar-refractivity contribution is 0.271. The molecule has 0 aliphatic carbocycles. The van der Waals surface area contributed by atoms with E-state index < -0.39 is 0 Å². The Morgan fingerprint density at radius 1 is 1.37 bits per heavy atom. The van der Waals surface area contributed by atoms with E-state index >= 15 is 0 Å². The summed E-state index contributed by atoms with van der Waals surface area (Å²) in [7, 11) is 0. The first-order valence-electron chi connectivity index (χ1n) is 6.51. The quantitative estimate of drug-likeness (QED) is 0.862. The van der Waals surface area contributed by atoms with Gasteiger partial charge in [0.25, 0.3) is 0 Å². The van der Waals surface area contributed by atoms with E-state index in [-0.39, 0.29) is 0 Å². The average molecular weight is 276 g/mol. The van der Waals surface area contributed by atoms with Crippen LogP contribution in [0.3, 0.4) is 0 Å². The van der Waals surface area contributed by atoms with Crippen LogP contribution in [-0.4, -0.2) is 11.6 Å². The van der Waals surface area contributed by atoms with Crippen LogP contribution in [0.2, 0.25) is 0 Å². The van der Waals surface area contributed by atoms with Crippen molar-refractivity contribution in [3.8, 4) is 5.75 Å². The summed E-state index contributed by atoms with van der Waals surface area (Å²) in [5, 5.41) is 6.55. The number of aromatic nitrogens is 1. The van der Waals surface area contributed by atoms with Gasteiger partial charge in [0.1, 0.15) is 5.75 Å². The number of anilines is 1. The van der Waals surface area contributed by atoms with Gasteiger partial charge < -0.3 is 10.1 Å². The maximum absolute atomic E-state index is 5.71. The van der Waals surface area contributed by atoms with Gasteiger partial charge in [-0.3, -0.25) is 0 Å². The highest BCUT2D eigenvalue weighted by Crippen LogP contribution is 2.19. The lowest BCUT2D eigenvalue weighted by Crippen LogP contribution is -2.05. The fourth-order valence-electron chi connectivity index (χ4n) is 1.64. The second-order valence-electron chi connectivity index (χ2n) is 4.94. The maximum Gasteiger partial charge on any atom is 0.121 e. The molecule has 4 heteroatoms. The summed E-state index contributed by atoms with van der Waals surface area (Å²) in [6.45, 7) is 7.81. The summed E-state index contributed by atoms with van der Waals surface area (Å²) in [5.41, 5.74) is 2.14. The first-order valence-corrected chi connectivity index (χ1v) is 7.39. The molecule has 0 spiro atoms. The summed E-state index contributed by atoms with van der Waals surface area (Å²) in [5.74, 6) is 1.45. The van der Waals surface area contributed by atoms with Gasteiger partial charge in [-0.05, 0) is 25.0 Å². The first kappa shape index (κ1) is 13.9. The molecule has 1 N–H and O–H groups in total. The van der Waals surface area contributed by atoms with E-state index in [0.29, 0.717) is 5.92 Å². The van der Waals surface area contributed by atoms with E-state index in [1.54, 1.807) is 11.3 Å². The predicted octanol–water partition coefficient (Wildman–Crippen LogP) is 4.10. The molecule has 2 aromatic rings. The highest BCUT2D eigenvalue weighted by Gasteiger charge is 2.01. The number of hydrogen-bond donors (Lipinski definition) is 1. The van der Waals surface area contributed by atoms with Gasteiger partial charge >= 0.3 is 0 Å². The number of thiazole rings is 1. The van der Waals surface area contributed by atoms with Crippen LogP contribution in [0.1, 0.15) is 24.5 Å². The largest absolute Gasteiger partial charge is 0.493 e. The van der Waals surface area contributed by atoms with Crippen LogP contribution >= 0.6 is 11.3 Å². The Bertz CT molecular complexity index is 522. The van der Waals surface area contributed by atoms with Crippen molar-refractivity contribution < 1.29 is 4.74 Å². The molecular formula is C15H20N2OS. The molecule has 0 amide bonds. The number of rotatable bonds is 6. The zero-order chi connectivity index (χ0) is 13.7. The van der Waals surface area contributed by atoms with Crippen molar-refractivity contribution >= 4 is 17.0 Å². The molecule has 0 saturated carbocycles. The van der Waals surface area contributed by atoms with E-state index in [1.807, 2.05) is 31.2 Å². The molecule has 0 aliphatic heterocycles. The number of nitrogens with one attached hydrogen (secondary N) is 1. The zero-order valence-electron chi connectivity index (χ0n) is 11.6. The third-order valence-corrected chi connectivity index (χ3v) is 3.38. The van der Waals surface area contributed by atoms with Gasteiger partial charge in [-0.2, -0.15) is 0 Å². The van der Waals surface area contributed by atoms with Gasteiger partial charge in [-0.1, -0.05) is 19.9 Å². The fraction of sp³-hybridized carbons (Fsp3) is 0.400. The van der Waals surface area contributed by atoms with Crippen LogP contribution in [-0.2, 0) is 6.54 Å². The van der Waals surface area contributed by atoms with Crippen LogP contribution < -0.4 is 10.1 Å². The topological polar surface area (TPSA) is 34.2 Å². The number of nitrogens with zero attached hydrogens (tertiary/aromatic N) is 1. The van der Waals surface area contributed by atoms with Crippen molar-refractivity contribution in [1.29, 1.82) is 0 Å². The summed E-state index contributed by atoms with van der Waals surface area (Å²) in [6.07, 6.45) is 0. The Balaban J connectivity index is 1.91. The highest BCUT2D eigenvalue weighted by molar-refractivity contribution is 7.09. The molecule has 0 fully saturated rings. The SMILES string of the molecule is Cc1nc(CNc2cccc(OCC(C)C)c2)cs1. The van der Waals surface area contributed by atoms with Gasteiger partial charge in [0.2, 0.25) is 0 Å². The summed E-state index contributed by atoms with van der Waals surface area (Å²) < 4.78 is 5.71. The Labute approximate surface area is 118 Å². The number of benzene rings is 1. The van der Waals surface area contributed by atoms with E-state index in [9.17, 15) is 0 Å². The molecule has 0 unspecified atom stereocenters. The minimum absolute atomic E-state index is 0.537. The van der Waals surface area contributed by atoms with Gasteiger partial charge in [-0.15, -0.1) is 11.3 Å². The molecule has 0 atom stereocenters. The van der Waals surface area contributed by atoms with Crippen molar-refractivity contribution in [1.82, 2.24) is 4.98 Å². The predicted molar refractivity (Wildman–Crippen MR) is 81.0 cm³/mol. The van der Waals surface area contributed by atoms with Crippen molar-refractivity contribution in [2.24, 2.45) is 5.92 Å².